The summed E-state index contributed by atoms with van der Waals surface area (Å²) in [4.78, 5) is 15.5. The number of aliphatic imine (C=N–C) groups is 1. The molecule has 8 heteroatoms. The average Bonchev–Trinajstić information content (AvgIpc) is 2.99. The largest absolute Gasteiger partial charge is 0.461 e. The van der Waals surface area contributed by atoms with Gasteiger partial charge in [-0.3, -0.25) is 0 Å². The van der Waals surface area contributed by atoms with Crippen LogP contribution in [0.3, 0.4) is 0 Å². The van der Waals surface area contributed by atoms with Gasteiger partial charge in [0, 0.05) is 0 Å². The van der Waals surface area contributed by atoms with Crippen molar-refractivity contribution in [2.24, 2.45) is 4.99 Å². The smallest absolute Gasteiger partial charge is 0.357 e. The zero-order chi connectivity index (χ0) is 18.8. The summed E-state index contributed by atoms with van der Waals surface area (Å²) >= 11 is 0. The van der Waals surface area contributed by atoms with E-state index in [2.05, 4.69) is 4.99 Å². The van der Waals surface area contributed by atoms with E-state index in [-0.39, 0.29) is 22.2 Å². The zero-order valence-corrected chi connectivity index (χ0v) is 14.4. The van der Waals surface area contributed by atoms with E-state index in [0.29, 0.717) is 0 Å². The van der Waals surface area contributed by atoms with Gasteiger partial charge < -0.3 is 4.74 Å². The number of nitrogens with zero attached hydrogens (tertiary/aromatic N) is 1. The van der Waals surface area contributed by atoms with Gasteiger partial charge in [-0.2, -0.15) is 10.9 Å². The molecule has 1 aliphatic rings. The van der Waals surface area contributed by atoms with Gasteiger partial charge in [0.05, 0.1) is 22.1 Å². The summed E-state index contributed by atoms with van der Waals surface area (Å²) in [7, 11) is -2.08. The van der Waals surface area contributed by atoms with E-state index in [1.165, 1.54) is 11.5 Å². The Bertz CT molecular complexity index is 902. The van der Waals surface area contributed by atoms with Gasteiger partial charge in [-0.15, -0.1) is 0 Å². The molecule has 0 saturated heterocycles. The lowest BCUT2D eigenvalue weighted by Crippen LogP contribution is -2.08. The monoisotopic (exact) mass is 383 g/mol. The minimum atomic E-state index is -2.08. The highest BCUT2D eigenvalue weighted by Crippen LogP contribution is 2.49. The summed E-state index contributed by atoms with van der Waals surface area (Å²) in [5.74, 6) is -4.48. The quantitative estimate of drug-likeness (QED) is 0.481. The molecule has 0 N–H and O–H groups in total. The Morgan fingerprint density at radius 2 is 1.54 bits per heavy atom. The van der Waals surface area contributed by atoms with Crippen LogP contribution < -0.4 is 0 Å². The molecule has 0 saturated carbocycles. The van der Waals surface area contributed by atoms with Crippen LogP contribution in [0.4, 0.5) is 17.6 Å². The Balaban J connectivity index is 2.19. The highest BCUT2D eigenvalue weighted by molar-refractivity contribution is 8.33. The van der Waals surface area contributed by atoms with Crippen molar-refractivity contribution in [2.45, 2.75) is 11.8 Å². The molecule has 0 bridgehead atoms. The zero-order valence-electron chi connectivity index (χ0n) is 13.5. The Kier molecular flexibility index (Phi) is 5.13. The Labute approximate surface area is 149 Å². The standard InChI is InChI=1S/C18H13F4NO2S/c1-2-25-18(24)14-9-26(16-12(21)7-4-8-13(16)22)17(23-14)15-10(19)5-3-6-11(15)20/h3-9,26H,2H2,1H3. The Morgan fingerprint density at radius 3 is 2.08 bits per heavy atom. The van der Waals surface area contributed by atoms with Crippen molar-refractivity contribution in [3.63, 3.8) is 0 Å². The van der Waals surface area contributed by atoms with E-state index >= 15 is 0 Å². The molecule has 0 radical (unpaired) electrons. The number of benzene rings is 2. The second-order valence-corrected chi connectivity index (χ2v) is 7.08. The lowest BCUT2D eigenvalue weighted by Gasteiger charge is -2.18. The van der Waals surface area contributed by atoms with E-state index in [1.807, 2.05) is 0 Å². The molecule has 2 aromatic rings. The molecule has 1 atom stereocenters. The van der Waals surface area contributed by atoms with Crippen molar-refractivity contribution in [3.8, 4) is 0 Å². The number of carbonyl (C=O) groups excluding carboxylic acids is 1. The van der Waals surface area contributed by atoms with Gasteiger partial charge in [0.1, 0.15) is 23.3 Å². The Morgan fingerprint density at radius 1 is 1.00 bits per heavy atom. The first-order valence-electron chi connectivity index (χ1n) is 7.59. The summed E-state index contributed by atoms with van der Waals surface area (Å²) in [5.41, 5.74) is -0.755. The minimum Gasteiger partial charge on any atom is -0.461 e. The lowest BCUT2D eigenvalue weighted by atomic mass is 10.2. The van der Waals surface area contributed by atoms with Gasteiger partial charge in [0.25, 0.3) is 0 Å². The number of hydrogen-bond acceptors (Lipinski definition) is 3. The first-order valence-corrected chi connectivity index (χ1v) is 9.00. The maximum Gasteiger partial charge on any atom is 0.357 e. The van der Waals surface area contributed by atoms with Crippen LogP contribution in [0.15, 0.2) is 57.4 Å². The van der Waals surface area contributed by atoms with Gasteiger partial charge in [-0.05, 0) is 36.6 Å². The molecular formula is C18H13F4NO2S. The van der Waals surface area contributed by atoms with Crippen LogP contribution >= 0.6 is 10.9 Å². The van der Waals surface area contributed by atoms with Gasteiger partial charge in [0.2, 0.25) is 0 Å². The van der Waals surface area contributed by atoms with Crippen LogP contribution in [0.1, 0.15) is 12.5 Å². The van der Waals surface area contributed by atoms with Crippen molar-refractivity contribution in [3.05, 3.63) is 76.3 Å². The lowest BCUT2D eigenvalue weighted by molar-refractivity contribution is -0.138. The fraction of sp³-hybridized carbons (Fsp3) is 0.111. The van der Waals surface area contributed by atoms with Crippen LogP contribution in [0.2, 0.25) is 0 Å². The van der Waals surface area contributed by atoms with Gasteiger partial charge in [0.15, 0.2) is 5.70 Å². The number of rotatable bonds is 4. The molecule has 26 heavy (non-hydrogen) atoms. The topological polar surface area (TPSA) is 38.7 Å². The van der Waals surface area contributed by atoms with Gasteiger partial charge in [-0.25, -0.2) is 27.3 Å². The summed E-state index contributed by atoms with van der Waals surface area (Å²) in [6, 6.07) is 6.42. The van der Waals surface area contributed by atoms with E-state index in [0.717, 1.165) is 30.3 Å². The molecule has 0 aliphatic carbocycles. The number of esters is 1. The van der Waals surface area contributed by atoms with Crippen molar-refractivity contribution >= 4 is 21.9 Å². The first kappa shape index (κ1) is 18.2. The van der Waals surface area contributed by atoms with E-state index in [9.17, 15) is 22.4 Å². The molecular weight excluding hydrogens is 370 g/mol. The van der Waals surface area contributed by atoms with E-state index in [4.69, 9.17) is 4.74 Å². The molecule has 1 aliphatic heterocycles. The van der Waals surface area contributed by atoms with E-state index in [1.54, 1.807) is 6.92 Å². The minimum absolute atomic E-state index is 0.0566. The molecule has 3 rings (SSSR count). The third kappa shape index (κ3) is 3.24. The predicted octanol–water partition coefficient (Wildman–Crippen LogP) is 4.47. The van der Waals surface area contributed by atoms with Crippen molar-refractivity contribution in [1.82, 2.24) is 0 Å². The van der Waals surface area contributed by atoms with Gasteiger partial charge in [-0.1, -0.05) is 12.1 Å². The van der Waals surface area contributed by atoms with Gasteiger partial charge >= 0.3 is 5.97 Å². The van der Waals surface area contributed by atoms with E-state index < -0.39 is 45.7 Å². The molecule has 3 nitrogen and oxygen atoms in total. The molecule has 0 amide bonds. The normalized spacial score (nSPS) is 17.7. The fourth-order valence-electron chi connectivity index (χ4n) is 2.46. The van der Waals surface area contributed by atoms with Crippen LogP contribution in [-0.2, 0) is 9.53 Å². The van der Waals surface area contributed by atoms with Crippen LogP contribution in [0, 0.1) is 23.3 Å². The fourth-order valence-corrected chi connectivity index (χ4v) is 4.61. The van der Waals surface area contributed by atoms with Crippen molar-refractivity contribution < 1.29 is 27.1 Å². The summed E-state index contributed by atoms with van der Waals surface area (Å²) in [5, 5.41) is 0.971. The molecule has 2 aromatic carbocycles. The van der Waals surface area contributed by atoms with Crippen LogP contribution in [-0.4, -0.2) is 17.6 Å². The number of carbonyl (C=O) groups is 1. The highest BCUT2D eigenvalue weighted by Gasteiger charge is 2.32. The molecule has 136 valence electrons. The molecule has 0 aromatic heterocycles. The summed E-state index contributed by atoms with van der Waals surface area (Å²) in [6.45, 7) is 1.63. The molecule has 0 fully saturated rings. The maximum atomic E-state index is 14.3. The molecule has 1 heterocycles. The second kappa shape index (κ2) is 7.33. The average molecular weight is 383 g/mol. The SMILES string of the molecule is CCOC(=O)C1=C[SH](c2c(F)cccc2F)C(c2c(F)cccc2F)=N1. The number of ether oxygens (including phenoxy) is 1. The highest BCUT2D eigenvalue weighted by atomic mass is 32.2. The number of thiol groups is 1. The third-order valence-electron chi connectivity index (χ3n) is 3.56. The number of hydrogen-bond donors (Lipinski definition) is 1. The maximum absolute atomic E-state index is 14.3. The first-order chi connectivity index (χ1) is 12.4. The number of halogens is 4. The summed E-state index contributed by atoms with van der Waals surface area (Å²) in [6.07, 6.45) is 0. The van der Waals surface area contributed by atoms with Crippen LogP contribution in [0.25, 0.3) is 0 Å². The van der Waals surface area contributed by atoms with Crippen molar-refractivity contribution in [2.75, 3.05) is 6.61 Å². The molecule has 1 unspecified atom stereocenters. The third-order valence-corrected chi connectivity index (χ3v) is 5.75. The van der Waals surface area contributed by atoms with Crippen LogP contribution in [0.5, 0.6) is 0 Å². The Hall–Kier alpha value is -2.61. The summed E-state index contributed by atoms with van der Waals surface area (Å²) < 4.78 is 61.8. The van der Waals surface area contributed by atoms with Crippen molar-refractivity contribution in [1.29, 1.82) is 0 Å². The second-order valence-electron chi connectivity index (χ2n) is 5.21. The molecule has 0 spiro atoms. The predicted molar refractivity (Wildman–Crippen MR) is 91.2 cm³/mol.